The normalized spacial score (nSPS) is 12.1. The van der Waals surface area contributed by atoms with Gasteiger partial charge in [0.05, 0.1) is 6.61 Å². The molecule has 0 spiro atoms. The van der Waals surface area contributed by atoms with Crippen LogP contribution in [0.5, 0.6) is 11.5 Å². The number of phenolic OH excluding ortho intramolecular Hbond substituents is 1. The molecule has 0 saturated heterocycles. The standard InChI is InChI=1S/C15H23NO3/c1-3-5-6-12(4-2)11-19-14-8-7-13(10-16-18)15(17)9-14/h7-9,12,17H,3-6,10-11H2,1-2H3. The van der Waals surface area contributed by atoms with Crippen molar-refractivity contribution >= 4 is 0 Å². The fourth-order valence-corrected chi connectivity index (χ4v) is 1.95. The van der Waals surface area contributed by atoms with E-state index in [1.807, 2.05) is 0 Å². The summed E-state index contributed by atoms with van der Waals surface area (Å²) in [6.45, 7) is 5.01. The van der Waals surface area contributed by atoms with Crippen LogP contribution in [0.4, 0.5) is 0 Å². The molecule has 0 bridgehead atoms. The minimum absolute atomic E-state index is 0.0137. The fourth-order valence-electron chi connectivity index (χ4n) is 1.95. The summed E-state index contributed by atoms with van der Waals surface area (Å²) in [6.07, 6.45) is 4.69. The number of rotatable bonds is 9. The summed E-state index contributed by atoms with van der Waals surface area (Å²) in [7, 11) is 0. The topological polar surface area (TPSA) is 58.9 Å². The van der Waals surface area contributed by atoms with E-state index in [2.05, 4.69) is 19.0 Å². The molecule has 4 nitrogen and oxygen atoms in total. The van der Waals surface area contributed by atoms with Crippen molar-refractivity contribution in [2.75, 3.05) is 6.61 Å². The molecule has 0 heterocycles. The first-order chi connectivity index (χ1) is 9.21. The lowest BCUT2D eigenvalue weighted by molar-refractivity contribution is 0.232. The highest BCUT2D eigenvalue weighted by Gasteiger charge is 2.08. The van der Waals surface area contributed by atoms with Crippen LogP contribution in [0.2, 0.25) is 0 Å². The summed E-state index contributed by atoms with van der Waals surface area (Å²) in [6, 6.07) is 5.00. The van der Waals surface area contributed by atoms with Gasteiger partial charge >= 0.3 is 0 Å². The van der Waals surface area contributed by atoms with Crippen LogP contribution in [0.3, 0.4) is 0 Å². The number of nitroso groups, excluding NO2 is 1. The third kappa shape index (κ3) is 5.28. The van der Waals surface area contributed by atoms with E-state index in [1.165, 1.54) is 19.3 Å². The van der Waals surface area contributed by atoms with Crippen molar-refractivity contribution in [2.45, 2.75) is 46.1 Å². The fraction of sp³-hybridized carbons (Fsp3) is 0.600. The average Bonchev–Trinajstić information content (AvgIpc) is 2.42. The van der Waals surface area contributed by atoms with Crippen molar-refractivity contribution in [3.63, 3.8) is 0 Å². The van der Waals surface area contributed by atoms with Crippen LogP contribution >= 0.6 is 0 Å². The van der Waals surface area contributed by atoms with E-state index < -0.39 is 0 Å². The molecule has 0 saturated carbocycles. The molecule has 106 valence electrons. The molecule has 1 aromatic rings. The van der Waals surface area contributed by atoms with Crippen LogP contribution in [0.1, 0.15) is 45.1 Å². The molecule has 4 heteroatoms. The molecule has 1 atom stereocenters. The van der Waals surface area contributed by atoms with Crippen LogP contribution in [-0.2, 0) is 6.54 Å². The molecule has 1 N–H and O–H groups in total. The van der Waals surface area contributed by atoms with Crippen molar-refractivity contribution in [1.29, 1.82) is 0 Å². The number of hydrogen-bond donors (Lipinski definition) is 1. The molecule has 19 heavy (non-hydrogen) atoms. The zero-order chi connectivity index (χ0) is 14.1. The Balaban J connectivity index is 2.52. The van der Waals surface area contributed by atoms with Gasteiger partial charge in [0, 0.05) is 11.6 Å². The third-order valence-corrected chi connectivity index (χ3v) is 3.32. The first kappa shape index (κ1) is 15.5. The molecule has 0 aromatic heterocycles. The highest BCUT2D eigenvalue weighted by molar-refractivity contribution is 5.39. The number of ether oxygens (including phenoxy) is 1. The summed E-state index contributed by atoms with van der Waals surface area (Å²) in [5.74, 6) is 1.26. The molecule has 0 aliphatic carbocycles. The third-order valence-electron chi connectivity index (χ3n) is 3.32. The maximum atomic E-state index is 10.2. The number of hydrogen-bond acceptors (Lipinski definition) is 4. The Morgan fingerprint density at radius 1 is 1.37 bits per heavy atom. The lowest BCUT2D eigenvalue weighted by Crippen LogP contribution is -2.11. The monoisotopic (exact) mass is 265 g/mol. The van der Waals surface area contributed by atoms with Gasteiger partial charge in [-0.15, -0.1) is 0 Å². The molecule has 0 aliphatic rings. The van der Waals surface area contributed by atoms with Crippen LogP contribution in [0.25, 0.3) is 0 Å². The Morgan fingerprint density at radius 3 is 2.74 bits per heavy atom. The van der Waals surface area contributed by atoms with E-state index in [1.54, 1.807) is 18.2 Å². The number of unbranched alkanes of at least 4 members (excludes halogenated alkanes) is 1. The number of aromatic hydroxyl groups is 1. The molecule has 1 rings (SSSR count). The van der Waals surface area contributed by atoms with Gasteiger partial charge in [-0.05, 0) is 24.5 Å². The SMILES string of the molecule is CCCCC(CC)COc1ccc(CN=O)c(O)c1. The Hall–Kier alpha value is -1.58. The van der Waals surface area contributed by atoms with E-state index in [0.29, 0.717) is 23.8 Å². The summed E-state index contributed by atoms with van der Waals surface area (Å²) in [5.41, 5.74) is 0.528. The van der Waals surface area contributed by atoms with Gasteiger partial charge in [0.25, 0.3) is 0 Å². The number of phenols is 1. The van der Waals surface area contributed by atoms with Gasteiger partial charge in [0.1, 0.15) is 18.0 Å². The molecule has 0 aliphatic heterocycles. The Bertz CT molecular complexity index is 393. The molecular formula is C15H23NO3. The summed E-state index contributed by atoms with van der Waals surface area (Å²) < 4.78 is 5.70. The highest BCUT2D eigenvalue weighted by Crippen LogP contribution is 2.25. The van der Waals surface area contributed by atoms with Gasteiger partial charge in [-0.1, -0.05) is 38.3 Å². The Kier molecular flexibility index (Phi) is 6.93. The first-order valence-electron chi connectivity index (χ1n) is 6.95. The van der Waals surface area contributed by atoms with E-state index in [4.69, 9.17) is 4.74 Å². The van der Waals surface area contributed by atoms with Crippen molar-refractivity contribution in [3.8, 4) is 11.5 Å². The largest absolute Gasteiger partial charge is 0.507 e. The highest BCUT2D eigenvalue weighted by atomic mass is 16.5. The molecule has 0 radical (unpaired) electrons. The minimum atomic E-state index is -0.0137. The van der Waals surface area contributed by atoms with Gasteiger partial charge in [0.15, 0.2) is 0 Å². The number of nitrogens with zero attached hydrogens (tertiary/aromatic N) is 1. The lowest BCUT2D eigenvalue weighted by Gasteiger charge is -2.16. The Morgan fingerprint density at radius 2 is 2.16 bits per heavy atom. The maximum absolute atomic E-state index is 10.2. The van der Waals surface area contributed by atoms with E-state index in [0.717, 1.165) is 6.42 Å². The van der Waals surface area contributed by atoms with Crippen LogP contribution in [-0.4, -0.2) is 11.7 Å². The minimum Gasteiger partial charge on any atom is -0.507 e. The van der Waals surface area contributed by atoms with Gasteiger partial charge < -0.3 is 9.84 Å². The van der Waals surface area contributed by atoms with Crippen molar-refractivity contribution in [2.24, 2.45) is 11.1 Å². The zero-order valence-electron chi connectivity index (χ0n) is 11.8. The van der Waals surface area contributed by atoms with E-state index in [-0.39, 0.29) is 12.3 Å². The Labute approximate surface area is 114 Å². The second kappa shape index (κ2) is 8.51. The summed E-state index contributed by atoms with van der Waals surface area (Å²) >= 11 is 0. The van der Waals surface area contributed by atoms with Crippen LogP contribution in [0.15, 0.2) is 23.4 Å². The maximum Gasteiger partial charge on any atom is 0.124 e. The van der Waals surface area contributed by atoms with Crippen LogP contribution < -0.4 is 4.74 Å². The van der Waals surface area contributed by atoms with Gasteiger partial charge in [-0.2, -0.15) is 4.91 Å². The van der Waals surface area contributed by atoms with Gasteiger partial charge in [-0.25, -0.2) is 0 Å². The average molecular weight is 265 g/mol. The number of benzene rings is 1. The predicted molar refractivity (Wildman–Crippen MR) is 76.4 cm³/mol. The van der Waals surface area contributed by atoms with Gasteiger partial charge in [0.2, 0.25) is 0 Å². The predicted octanol–water partition coefficient (Wildman–Crippen LogP) is 4.25. The van der Waals surface area contributed by atoms with E-state index in [9.17, 15) is 10.0 Å². The summed E-state index contributed by atoms with van der Waals surface area (Å²) in [5, 5.41) is 12.5. The smallest absolute Gasteiger partial charge is 0.124 e. The molecule has 0 fully saturated rings. The van der Waals surface area contributed by atoms with Crippen molar-refractivity contribution in [3.05, 3.63) is 28.7 Å². The molecule has 0 amide bonds. The van der Waals surface area contributed by atoms with Crippen molar-refractivity contribution < 1.29 is 9.84 Å². The second-order valence-electron chi connectivity index (χ2n) is 4.81. The lowest BCUT2D eigenvalue weighted by atomic mass is 10.0. The van der Waals surface area contributed by atoms with Gasteiger partial charge in [-0.3, -0.25) is 0 Å². The quantitative estimate of drug-likeness (QED) is 0.679. The van der Waals surface area contributed by atoms with Crippen molar-refractivity contribution in [1.82, 2.24) is 0 Å². The first-order valence-corrected chi connectivity index (χ1v) is 6.95. The second-order valence-corrected chi connectivity index (χ2v) is 4.81. The summed E-state index contributed by atoms with van der Waals surface area (Å²) in [4.78, 5) is 10.2. The van der Waals surface area contributed by atoms with Crippen LogP contribution in [0, 0.1) is 10.8 Å². The molecule has 1 unspecified atom stereocenters. The van der Waals surface area contributed by atoms with E-state index >= 15 is 0 Å². The molecular weight excluding hydrogens is 242 g/mol. The zero-order valence-corrected chi connectivity index (χ0v) is 11.8. The molecule has 1 aromatic carbocycles.